The molecule has 0 saturated carbocycles. The second-order valence-electron chi connectivity index (χ2n) is 7.08. The quantitative estimate of drug-likeness (QED) is 0.314. The zero-order valence-corrected chi connectivity index (χ0v) is 17.4. The summed E-state index contributed by atoms with van der Waals surface area (Å²) in [7, 11) is 0. The fourth-order valence-electron chi connectivity index (χ4n) is 3.01. The fourth-order valence-corrected chi connectivity index (χ4v) is 3.01. The van der Waals surface area contributed by atoms with Crippen LogP contribution >= 0.6 is 0 Å². The first kappa shape index (κ1) is 22.2. The first-order chi connectivity index (χ1) is 15.1. The highest BCUT2D eigenvalue weighted by molar-refractivity contribution is 5.95. The van der Waals surface area contributed by atoms with E-state index < -0.39 is 28.0 Å². The van der Waals surface area contributed by atoms with Crippen LogP contribution in [0, 0.1) is 30.9 Å². The average molecular weight is 437 g/mol. The van der Waals surface area contributed by atoms with Gasteiger partial charge in [-0.15, -0.1) is 0 Å². The zero-order chi connectivity index (χ0) is 23.6. The van der Waals surface area contributed by atoms with Gasteiger partial charge in [0, 0.05) is 17.2 Å². The minimum atomic E-state index is -0.905. The standard InChI is InChI=1S/C21H19N5O6/c1-11-4-5-12(2)16(8-11)25-20(29)15(19(28)23-21(25)30)10-22-24-18(27)14-7-6-13(3)17(9-14)26(31)32/h4-10,29H,1-3H3,(H,24,27)(H,23,28,30). The second kappa shape index (κ2) is 8.68. The summed E-state index contributed by atoms with van der Waals surface area (Å²) in [5, 5.41) is 25.3. The monoisotopic (exact) mass is 437 g/mol. The molecule has 0 aliphatic heterocycles. The average Bonchev–Trinajstić information content (AvgIpc) is 2.72. The Hall–Kier alpha value is -4.54. The van der Waals surface area contributed by atoms with E-state index in [0.29, 0.717) is 16.8 Å². The molecule has 1 amide bonds. The van der Waals surface area contributed by atoms with Crippen LogP contribution in [0.5, 0.6) is 5.88 Å². The van der Waals surface area contributed by atoms with Crippen molar-refractivity contribution >= 4 is 17.8 Å². The molecule has 0 atom stereocenters. The molecule has 0 bridgehead atoms. The van der Waals surface area contributed by atoms with Crippen LogP contribution in [0.25, 0.3) is 5.69 Å². The normalized spacial score (nSPS) is 11.0. The Bertz CT molecular complexity index is 1390. The number of amides is 1. The second-order valence-corrected chi connectivity index (χ2v) is 7.08. The van der Waals surface area contributed by atoms with E-state index in [1.54, 1.807) is 19.1 Å². The Kier molecular flexibility index (Phi) is 6.01. The molecule has 2 aromatic carbocycles. The number of hydrogen-bond acceptors (Lipinski definition) is 7. The lowest BCUT2D eigenvalue weighted by Crippen LogP contribution is -2.32. The van der Waals surface area contributed by atoms with E-state index in [1.165, 1.54) is 19.1 Å². The van der Waals surface area contributed by atoms with Gasteiger partial charge >= 0.3 is 5.69 Å². The number of rotatable bonds is 5. The van der Waals surface area contributed by atoms with Crippen molar-refractivity contribution in [1.29, 1.82) is 0 Å². The van der Waals surface area contributed by atoms with E-state index >= 15 is 0 Å². The first-order valence-corrected chi connectivity index (χ1v) is 9.34. The number of nitrogens with one attached hydrogen (secondary N) is 2. The number of aromatic nitrogens is 2. The molecule has 1 aromatic heterocycles. The SMILES string of the molecule is Cc1ccc(C)c(-n2c(O)c(C=NNC(=O)c3ccc(C)c([N+](=O)[O-])c3)c(=O)[nH]c2=O)c1. The molecule has 3 rings (SSSR count). The van der Waals surface area contributed by atoms with Crippen molar-refractivity contribution in [3.8, 4) is 11.6 Å². The first-order valence-electron chi connectivity index (χ1n) is 9.34. The number of nitrogens with zero attached hydrogens (tertiary/aromatic N) is 3. The number of H-pyrrole nitrogens is 1. The third-order valence-electron chi connectivity index (χ3n) is 4.75. The maximum atomic E-state index is 12.3. The summed E-state index contributed by atoms with van der Waals surface area (Å²) < 4.78 is 0.927. The van der Waals surface area contributed by atoms with E-state index in [9.17, 15) is 29.6 Å². The van der Waals surface area contributed by atoms with Crippen LogP contribution in [-0.2, 0) is 0 Å². The highest BCUT2D eigenvalue weighted by Gasteiger charge is 2.17. The maximum Gasteiger partial charge on any atom is 0.335 e. The molecule has 0 fully saturated rings. The van der Waals surface area contributed by atoms with E-state index in [0.717, 1.165) is 22.4 Å². The van der Waals surface area contributed by atoms with Crippen LogP contribution < -0.4 is 16.7 Å². The summed E-state index contributed by atoms with van der Waals surface area (Å²) in [6, 6.07) is 9.18. The van der Waals surface area contributed by atoms with Crippen molar-refractivity contribution in [3.63, 3.8) is 0 Å². The Labute approximate surface area is 180 Å². The summed E-state index contributed by atoms with van der Waals surface area (Å²) in [4.78, 5) is 49.3. The molecule has 0 aliphatic carbocycles. The summed E-state index contributed by atoms with van der Waals surface area (Å²) >= 11 is 0. The number of carbonyl (C=O) groups is 1. The summed E-state index contributed by atoms with van der Waals surface area (Å²) in [6.45, 7) is 5.09. The number of benzene rings is 2. The molecule has 164 valence electrons. The van der Waals surface area contributed by atoms with Crippen LogP contribution in [0.3, 0.4) is 0 Å². The van der Waals surface area contributed by atoms with E-state index in [2.05, 4.69) is 15.5 Å². The van der Waals surface area contributed by atoms with Crippen LogP contribution in [-0.4, -0.2) is 31.7 Å². The molecular weight excluding hydrogens is 418 g/mol. The van der Waals surface area contributed by atoms with Gasteiger partial charge in [0.1, 0.15) is 5.56 Å². The van der Waals surface area contributed by atoms with Gasteiger partial charge in [-0.2, -0.15) is 5.10 Å². The highest BCUT2D eigenvalue weighted by Crippen LogP contribution is 2.21. The Morgan fingerprint density at radius 3 is 2.53 bits per heavy atom. The van der Waals surface area contributed by atoms with Gasteiger partial charge in [-0.1, -0.05) is 18.2 Å². The van der Waals surface area contributed by atoms with Crippen molar-refractivity contribution < 1.29 is 14.8 Å². The van der Waals surface area contributed by atoms with Crippen LogP contribution in [0.2, 0.25) is 0 Å². The van der Waals surface area contributed by atoms with Crippen molar-refractivity contribution in [2.24, 2.45) is 5.10 Å². The predicted molar refractivity (Wildman–Crippen MR) is 117 cm³/mol. The maximum absolute atomic E-state index is 12.3. The molecule has 0 unspecified atom stereocenters. The summed E-state index contributed by atoms with van der Waals surface area (Å²) in [5.74, 6) is -1.42. The number of nitro benzene ring substituents is 1. The van der Waals surface area contributed by atoms with Gasteiger partial charge in [-0.05, 0) is 44.0 Å². The smallest absolute Gasteiger partial charge is 0.335 e. The third-order valence-corrected chi connectivity index (χ3v) is 4.75. The van der Waals surface area contributed by atoms with Crippen molar-refractivity contribution in [1.82, 2.24) is 15.0 Å². The number of aryl methyl sites for hydroxylation is 3. The molecule has 3 aromatic rings. The number of hydrogen-bond donors (Lipinski definition) is 3. The third kappa shape index (κ3) is 4.31. The Morgan fingerprint density at radius 1 is 1.16 bits per heavy atom. The van der Waals surface area contributed by atoms with Crippen molar-refractivity contribution in [2.75, 3.05) is 0 Å². The van der Waals surface area contributed by atoms with Crippen LogP contribution in [0.15, 0.2) is 51.1 Å². The molecule has 0 saturated heterocycles. The Balaban J connectivity index is 1.94. The highest BCUT2D eigenvalue weighted by atomic mass is 16.6. The minimum Gasteiger partial charge on any atom is -0.493 e. The number of carbonyl (C=O) groups excluding carboxylic acids is 1. The lowest BCUT2D eigenvalue weighted by atomic mass is 10.1. The number of aromatic amines is 1. The van der Waals surface area contributed by atoms with Gasteiger partial charge in [-0.25, -0.2) is 14.8 Å². The molecule has 11 heteroatoms. The summed E-state index contributed by atoms with van der Waals surface area (Å²) in [5.41, 5.74) is 2.06. The number of hydrazone groups is 1. The largest absolute Gasteiger partial charge is 0.493 e. The molecule has 32 heavy (non-hydrogen) atoms. The van der Waals surface area contributed by atoms with Crippen LogP contribution in [0.4, 0.5) is 5.69 Å². The lowest BCUT2D eigenvalue weighted by Gasteiger charge is -2.12. The van der Waals surface area contributed by atoms with Crippen LogP contribution in [0.1, 0.15) is 32.6 Å². The number of aromatic hydroxyl groups is 1. The topological polar surface area (TPSA) is 160 Å². The van der Waals surface area contributed by atoms with Gasteiger partial charge in [0.25, 0.3) is 17.2 Å². The van der Waals surface area contributed by atoms with Crippen molar-refractivity contribution in [2.45, 2.75) is 20.8 Å². The fraction of sp³-hybridized carbons (Fsp3) is 0.143. The minimum absolute atomic E-state index is 0.0158. The molecule has 1 heterocycles. The molecule has 3 N–H and O–H groups in total. The van der Waals surface area contributed by atoms with Gasteiger partial charge in [0.05, 0.1) is 16.8 Å². The van der Waals surface area contributed by atoms with E-state index in [4.69, 9.17) is 0 Å². The van der Waals surface area contributed by atoms with E-state index in [1.807, 2.05) is 13.0 Å². The lowest BCUT2D eigenvalue weighted by molar-refractivity contribution is -0.385. The molecule has 0 aliphatic rings. The van der Waals surface area contributed by atoms with Gasteiger partial charge in [-0.3, -0.25) is 24.7 Å². The van der Waals surface area contributed by atoms with Gasteiger partial charge in [0.2, 0.25) is 5.88 Å². The molecular formula is C21H19N5O6. The predicted octanol–water partition coefficient (Wildman–Crippen LogP) is 1.83. The van der Waals surface area contributed by atoms with Gasteiger partial charge in [0.15, 0.2) is 0 Å². The zero-order valence-electron chi connectivity index (χ0n) is 17.4. The van der Waals surface area contributed by atoms with Crippen molar-refractivity contribution in [3.05, 3.63) is 95.2 Å². The molecule has 11 nitrogen and oxygen atoms in total. The number of nitro groups is 1. The summed E-state index contributed by atoms with van der Waals surface area (Å²) in [6.07, 6.45) is 0.885. The van der Waals surface area contributed by atoms with E-state index in [-0.39, 0.29) is 16.8 Å². The molecule has 0 radical (unpaired) electrons. The molecule has 0 spiro atoms. The Morgan fingerprint density at radius 2 is 1.84 bits per heavy atom. The van der Waals surface area contributed by atoms with Gasteiger partial charge < -0.3 is 5.11 Å².